The number of aromatic amines is 1. The van der Waals surface area contributed by atoms with Crippen LogP contribution >= 0.6 is 0 Å². The normalized spacial score (nSPS) is 11.1. The van der Waals surface area contributed by atoms with E-state index in [0.29, 0.717) is 5.56 Å². The molecule has 0 aliphatic rings. The zero-order valence-corrected chi connectivity index (χ0v) is 12.1. The van der Waals surface area contributed by atoms with Crippen LogP contribution in [0, 0.1) is 0 Å². The Kier molecular flexibility index (Phi) is 4.73. The maximum absolute atomic E-state index is 12.2. The van der Waals surface area contributed by atoms with Gasteiger partial charge in [0.2, 0.25) is 0 Å². The Morgan fingerprint density at radius 3 is 2.43 bits per heavy atom. The van der Waals surface area contributed by atoms with Crippen molar-refractivity contribution < 1.29 is 22.7 Å². The summed E-state index contributed by atoms with van der Waals surface area (Å²) < 4.78 is 40.0. The molecule has 8 heteroatoms. The molecule has 0 radical (unpaired) electrons. The van der Waals surface area contributed by atoms with Crippen molar-refractivity contribution in [2.24, 2.45) is 0 Å². The van der Waals surface area contributed by atoms with E-state index < -0.39 is 17.8 Å². The minimum Gasteiger partial charge on any atom is -0.406 e. The van der Waals surface area contributed by atoms with Crippen LogP contribution in [0.25, 0.3) is 0 Å². The Labute approximate surface area is 129 Å². The number of hydrogen-bond donors (Lipinski definition) is 1. The zero-order chi connectivity index (χ0) is 17.0. The van der Waals surface area contributed by atoms with Gasteiger partial charge in [0.1, 0.15) is 11.3 Å². The molecule has 0 saturated carbocycles. The summed E-state index contributed by atoms with van der Waals surface area (Å²) in [5.74, 6) is -0.822. The number of ether oxygens (including phenoxy) is 1. The van der Waals surface area contributed by atoms with E-state index in [2.05, 4.69) is 9.72 Å². The summed E-state index contributed by atoms with van der Waals surface area (Å²) >= 11 is 0. The van der Waals surface area contributed by atoms with Crippen LogP contribution in [0.1, 0.15) is 15.9 Å². The number of carbonyl (C=O) groups excluding carboxylic acids is 1. The van der Waals surface area contributed by atoms with Gasteiger partial charge in [-0.3, -0.25) is 9.59 Å². The highest BCUT2D eigenvalue weighted by atomic mass is 19.4. The van der Waals surface area contributed by atoms with Crippen LogP contribution in [-0.4, -0.2) is 29.2 Å². The summed E-state index contributed by atoms with van der Waals surface area (Å²) in [7, 11) is 1.49. The van der Waals surface area contributed by atoms with Gasteiger partial charge in [0.05, 0.1) is 0 Å². The van der Waals surface area contributed by atoms with Gasteiger partial charge in [0, 0.05) is 19.8 Å². The Balaban J connectivity index is 2.06. The number of nitrogens with one attached hydrogen (secondary N) is 1. The Morgan fingerprint density at radius 1 is 1.22 bits per heavy atom. The number of nitrogens with zero attached hydrogens (tertiary/aromatic N) is 1. The predicted octanol–water partition coefficient (Wildman–Crippen LogP) is 2.55. The third-order valence-corrected chi connectivity index (χ3v) is 2.97. The monoisotopic (exact) mass is 326 g/mol. The molecular weight excluding hydrogens is 313 g/mol. The minimum atomic E-state index is -4.75. The molecule has 23 heavy (non-hydrogen) atoms. The fourth-order valence-corrected chi connectivity index (χ4v) is 1.94. The highest BCUT2D eigenvalue weighted by Crippen LogP contribution is 2.23. The molecule has 1 heterocycles. The first-order chi connectivity index (χ1) is 10.8. The lowest BCUT2D eigenvalue weighted by atomic mass is 10.2. The molecule has 5 nitrogen and oxygen atoms in total. The second kappa shape index (κ2) is 6.55. The molecule has 0 saturated heterocycles. The van der Waals surface area contributed by atoms with Crippen molar-refractivity contribution in [3.05, 3.63) is 64.1 Å². The molecule has 0 aliphatic heterocycles. The second-order valence-corrected chi connectivity index (χ2v) is 4.77. The van der Waals surface area contributed by atoms with Crippen molar-refractivity contribution in [3.8, 4) is 5.75 Å². The van der Waals surface area contributed by atoms with Gasteiger partial charge in [-0.1, -0.05) is 12.1 Å². The summed E-state index contributed by atoms with van der Waals surface area (Å²) in [4.78, 5) is 27.4. The second-order valence-electron chi connectivity index (χ2n) is 4.77. The van der Waals surface area contributed by atoms with Crippen molar-refractivity contribution in [2.75, 3.05) is 7.05 Å². The van der Waals surface area contributed by atoms with E-state index >= 15 is 0 Å². The standard InChI is InChI=1S/C15H13F3N2O3/c1-20(14(22)12-3-2-8-19-13(12)21)9-10-4-6-11(7-5-10)23-15(16,17)18/h2-8H,9H2,1H3,(H,19,21). The maximum Gasteiger partial charge on any atom is 0.573 e. The number of H-pyrrole nitrogens is 1. The topological polar surface area (TPSA) is 62.4 Å². The van der Waals surface area contributed by atoms with E-state index in [4.69, 9.17) is 0 Å². The van der Waals surface area contributed by atoms with Crippen molar-refractivity contribution in [1.82, 2.24) is 9.88 Å². The molecule has 0 spiro atoms. The van der Waals surface area contributed by atoms with E-state index in [1.165, 1.54) is 42.4 Å². The van der Waals surface area contributed by atoms with Crippen LogP contribution < -0.4 is 10.3 Å². The van der Waals surface area contributed by atoms with Gasteiger partial charge in [0.15, 0.2) is 0 Å². The molecule has 1 aromatic carbocycles. The number of alkyl halides is 3. The molecule has 0 aliphatic carbocycles. The van der Waals surface area contributed by atoms with E-state index in [1.807, 2.05) is 0 Å². The SMILES string of the molecule is CN(Cc1ccc(OC(F)(F)F)cc1)C(=O)c1ccc[nH]c1=O. The predicted molar refractivity (Wildman–Crippen MR) is 76.0 cm³/mol. The Bertz CT molecular complexity index is 739. The van der Waals surface area contributed by atoms with Gasteiger partial charge in [-0.25, -0.2) is 0 Å². The molecular formula is C15H13F3N2O3. The van der Waals surface area contributed by atoms with Gasteiger partial charge in [0.25, 0.3) is 11.5 Å². The van der Waals surface area contributed by atoms with Crippen LogP contribution in [-0.2, 0) is 6.54 Å². The number of benzene rings is 1. The molecule has 0 atom stereocenters. The quantitative estimate of drug-likeness (QED) is 0.939. The number of aromatic nitrogens is 1. The average Bonchev–Trinajstić information content (AvgIpc) is 2.47. The number of carbonyl (C=O) groups is 1. The lowest BCUT2D eigenvalue weighted by Crippen LogP contribution is -2.31. The first kappa shape index (κ1) is 16.6. The van der Waals surface area contributed by atoms with Gasteiger partial charge in [-0.05, 0) is 29.8 Å². The molecule has 1 aromatic heterocycles. The minimum absolute atomic E-state index is 0.00738. The van der Waals surface area contributed by atoms with Crippen molar-refractivity contribution in [1.29, 1.82) is 0 Å². The average molecular weight is 326 g/mol. The molecule has 0 fully saturated rings. The molecule has 1 amide bonds. The van der Waals surface area contributed by atoms with Crippen LogP contribution in [0.15, 0.2) is 47.4 Å². The fraction of sp³-hybridized carbons (Fsp3) is 0.200. The Morgan fingerprint density at radius 2 is 1.87 bits per heavy atom. The van der Waals surface area contributed by atoms with E-state index in [9.17, 15) is 22.8 Å². The Hall–Kier alpha value is -2.77. The van der Waals surface area contributed by atoms with Gasteiger partial charge >= 0.3 is 6.36 Å². The number of pyridine rings is 1. The summed E-state index contributed by atoms with van der Waals surface area (Å²) in [6.07, 6.45) is -3.33. The van der Waals surface area contributed by atoms with Gasteiger partial charge in [-0.15, -0.1) is 13.2 Å². The number of hydrogen-bond acceptors (Lipinski definition) is 3. The molecule has 0 unspecified atom stereocenters. The lowest BCUT2D eigenvalue weighted by molar-refractivity contribution is -0.274. The highest BCUT2D eigenvalue weighted by molar-refractivity contribution is 5.93. The first-order valence-electron chi connectivity index (χ1n) is 6.54. The lowest BCUT2D eigenvalue weighted by Gasteiger charge is -2.17. The third-order valence-electron chi connectivity index (χ3n) is 2.97. The first-order valence-corrected chi connectivity index (χ1v) is 6.54. The van der Waals surface area contributed by atoms with Crippen LogP contribution in [0.5, 0.6) is 5.75 Å². The molecule has 0 bridgehead atoms. The fourth-order valence-electron chi connectivity index (χ4n) is 1.94. The van der Waals surface area contributed by atoms with Crippen LogP contribution in [0.2, 0.25) is 0 Å². The number of halogens is 3. The molecule has 1 N–H and O–H groups in total. The van der Waals surface area contributed by atoms with Crippen LogP contribution in [0.3, 0.4) is 0 Å². The van der Waals surface area contributed by atoms with Crippen molar-refractivity contribution >= 4 is 5.91 Å². The summed E-state index contributed by atoms with van der Waals surface area (Å²) in [6.45, 7) is 0.138. The summed E-state index contributed by atoms with van der Waals surface area (Å²) in [5, 5.41) is 0. The zero-order valence-electron chi connectivity index (χ0n) is 12.1. The maximum atomic E-state index is 12.2. The van der Waals surface area contributed by atoms with Crippen LogP contribution in [0.4, 0.5) is 13.2 Å². The largest absolute Gasteiger partial charge is 0.573 e. The van der Waals surface area contributed by atoms with E-state index in [1.54, 1.807) is 0 Å². The highest BCUT2D eigenvalue weighted by Gasteiger charge is 2.30. The molecule has 122 valence electrons. The summed E-state index contributed by atoms with van der Waals surface area (Å²) in [5.41, 5.74) is 0.0908. The summed E-state index contributed by atoms with van der Waals surface area (Å²) in [6, 6.07) is 8.09. The molecule has 2 aromatic rings. The van der Waals surface area contributed by atoms with Crippen molar-refractivity contribution in [2.45, 2.75) is 12.9 Å². The van der Waals surface area contributed by atoms with Crippen molar-refractivity contribution in [3.63, 3.8) is 0 Å². The van der Waals surface area contributed by atoms with Gasteiger partial charge < -0.3 is 14.6 Å². The third kappa shape index (κ3) is 4.60. The molecule has 2 rings (SSSR count). The smallest absolute Gasteiger partial charge is 0.406 e. The van der Waals surface area contributed by atoms with Gasteiger partial charge in [-0.2, -0.15) is 0 Å². The number of amides is 1. The number of rotatable bonds is 4. The van der Waals surface area contributed by atoms with E-state index in [0.717, 1.165) is 12.1 Å². The van der Waals surface area contributed by atoms with E-state index in [-0.39, 0.29) is 17.9 Å².